The van der Waals surface area contributed by atoms with Crippen molar-refractivity contribution in [3.05, 3.63) is 89.0 Å². The molecule has 3 rings (SSSR count). The number of rotatable bonds is 7. The Morgan fingerprint density at radius 1 is 0.483 bits per heavy atom. The minimum atomic E-state index is 0.480. The van der Waals surface area contributed by atoms with Crippen molar-refractivity contribution in [2.75, 3.05) is 0 Å². The van der Waals surface area contributed by atoms with Gasteiger partial charge >= 0.3 is 0 Å². The third kappa shape index (κ3) is 5.50. The molecular formula is C23H15N3O3. The molecule has 140 valence electrons. The third-order valence-electron chi connectivity index (χ3n) is 4.18. The predicted molar refractivity (Wildman–Crippen MR) is 104 cm³/mol. The monoisotopic (exact) mass is 381 g/mol. The predicted octanol–water partition coefficient (Wildman–Crippen LogP) is 4.45. The van der Waals surface area contributed by atoms with Crippen LogP contribution in [-0.2, 0) is 12.8 Å². The van der Waals surface area contributed by atoms with Gasteiger partial charge in [-0.15, -0.1) is 15.8 Å². The number of benzene rings is 3. The van der Waals surface area contributed by atoms with Crippen LogP contribution < -0.4 is 14.2 Å². The van der Waals surface area contributed by atoms with Crippen LogP contribution in [0.25, 0.3) is 0 Å². The molecule has 6 heteroatoms. The summed E-state index contributed by atoms with van der Waals surface area (Å²) in [4.78, 5) is 0. The van der Waals surface area contributed by atoms with Gasteiger partial charge in [-0.1, -0.05) is 30.3 Å². The van der Waals surface area contributed by atoms with Crippen molar-refractivity contribution < 1.29 is 14.2 Å². The van der Waals surface area contributed by atoms with E-state index in [0.717, 1.165) is 22.3 Å². The summed E-state index contributed by atoms with van der Waals surface area (Å²) in [6.45, 7) is 0. The molecule has 0 aromatic heterocycles. The van der Waals surface area contributed by atoms with E-state index in [-0.39, 0.29) is 0 Å². The average Bonchev–Trinajstić information content (AvgIpc) is 2.72. The second-order valence-corrected chi connectivity index (χ2v) is 6.21. The summed E-state index contributed by atoms with van der Waals surface area (Å²) in [5.41, 5.74) is 4.05. The van der Waals surface area contributed by atoms with Gasteiger partial charge in [0.25, 0.3) is 18.8 Å². The number of ether oxygens (including phenoxy) is 3. The van der Waals surface area contributed by atoms with Gasteiger partial charge < -0.3 is 14.2 Å². The summed E-state index contributed by atoms with van der Waals surface area (Å²) in [5.74, 6) is 1.46. The van der Waals surface area contributed by atoms with Crippen molar-refractivity contribution in [3.63, 3.8) is 0 Å². The van der Waals surface area contributed by atoms with E-state index in [1.54, 1.807) is 43.0 Å². The second-order valence-electron chi connectivity index (χ2n) is 6.21. The Hall–Kier alpha value is -4.47. The van der Waals surface area contributed by atoms with Crippen LogP contribution in [-0.4, -0.2) is 0 Å². The molecule has 0 aliphatic rings. The molecule has 29 heavy (non-hydrogen) atoms. The van der Waals surface area contributed by atoms with Crippen molar-refractivity contribution in [2.45, 2.75) is 12.8 Å². The van der Waals surface area contributed by atoms with E-state index in [1.165, 1.54) is 0 Å². The Labute approximate surface area is 168 Å². The Morgan fingerprint density at radius 2 is 0.862 bits per heavy atom. The van der Waals surface area contributed by atoms with Crippen molar-refractivity contribution in [3.8, 4) is 36.0 Å². The number of nitriles is 3. The molecule has 0 fully saturated rings. The van der Waals surface area contributed by atoms with Crippen LogP contribution in [0.3, 0.4) is 0 Å². The molecule has 3 aromatic carbocycles. The molecule has 3 aromatic rings. The van der Waals surface area contributed by atoms with Crippen LogP contribution in [0.15, 0.2) is 66.7 Å². The Kier molecular flexibility index (Phi) is 6.30. The van der Waals surface area contributed by atoms with E-state index in [9.17, 15) is 0 Å². The summed E-state index contributed by atoms with van der Waals surface area (Å²) in [7, 11) is 0. The van der Waals surface area contributed by atoms with Crippen LogP contribution in [0.1, 0.15) is 22.3 Å². The largest absolute Gasteiger partial charge is 0.388 e. The Bertz CT molecular complexity index is 1020. The normalized spacial score (nSPS) is 9.55. The van der Waals surface area contributed by atoms with Crippen LogP contribution in [0.4, 0.5) is 0 Å². The first kappa shape index (κ1) is 19.3. The molecule has 0 bridgehead atoms. The number of nitrogens with zero attached hydrogens (tertiary/aromatic N) is 3. The van der Waals surface area contributed by atoms with E-state index in [0.29, 0.717) is 30.1 Å². The fourth-order valence-electron chi connectivity index (χ4n) is 2.97. The summed E-state index contributed by atoms with van der Waals surface area (Å²) >= 11 is 0. The Balaban J connectivity index is 1.81. The minimum absolute atomic E-state index is 0.480. The standard InChI is InChI=1S/C23H15N3O3/c24-14-27-21-5-1-17(2-6-21)9-19-11-20(13-23(12-19)29-16-26)10-18-3-7-22(8-4-18)28-15-25/h1-8,11-13H,9-10H2. The van der Waals surface area contributed by atoms with Gasteiger partial charge in [-0.3, -0.25) is 0 Å². The maximum Gasteiger partial charge on any atom is 0.292 e. The molecule has 0 spiro atoms. The minimum Gasteiger partial charge on any atom is -0.388 e. The smallest absolute Gasteiger partial charge is 0.292 e. The highest BCUT2D eigenvalue weighted by Gasteiger charge is 2.06. The van der Waals surface area contributed by atoms with Gasteiger partial charge in [0, 0.05) is 0 Å². The SMILES string of the molecule is N#COc1ccc(Cc2cc(Cc3ccc(OC#N)cc3)cc(OC#N)c2)cc1. The summed E-state index contributed by atoms with van der Waals surface area (Å²) in [6.07, 6.45) is 6.28. The fraction of sp³-hybridized carbons (Fsp3) is 0.0870. The van der Waals surface area contributed by atoms with E-state index in [2.05, 4.69) is 6.07 Å². The van der Waals surface area contributed by atoms with Crippen LogP contribution >= 0.6 is 0 Å². The molecule has 0 aliphatic carbocycles. The van der Waals surface area contributed by atoms with Crippen molar-refractivity contribution in [2.24, 2.45) is 0 Å². The molecule has 0 radical (unpaired) electrons. The molecule has 0 heterocycles. The van der Waals surface area contributed by atoms with Crippen molar-refractivity contribution in [1.29, 1.82) is 15.8 Å². The average molecular weight is 381 g/mol. The van der Waals surface area contributed by atoms with E-state index in [4.69, 9.17) is 30.0 Å². The maximum atomic E-state index is 8.89. The van der Waals surface area contributed by atoms with E-state index < -0.39 is 0 Å². The first-order chi connectivity index (χ1) is 14.2. The highest BCUT2D eigenvalue weighted by atomic mass is 16.5. The summed E-state index contributed by atoms with van der Waals surface area (Å²) in [6, 6.07) is 20.2. The summed E-state index contributed by atoms with van der Waals surface area (Å²) in [5, 5.41) is 26.0. The first-order valence-corrected chi connectivity index (χ1v) is 8.68. The quantitative estimate of drug-likeness (QED) is 0.561. The van der Waals surface area contributed by atoms with Gasteiger partial charge in [0.1, 0.15) is 17.2 Å². The molecule has 0 saturated heterocycles. The molecular weight excluding hydrogens is 366 g/mol. The lowest BCUT2D eigenvalue weighted by Crippen LogP contribution is -1.95. The topological polar surface area (TPSA) is 99.1 Å². The fourth-order valence-corrected chi connectivity index (χ4v) is 2.97. The maximum absolute atomic E-state index is 8.89. The van der Waals surface area contributed by atoms with Crippen LogP contribution in [0.5, 0.6) is 17.2 Å². The summed E-state index contributed by atoms with van der Waals surface area (Å²) < 4.78 is 14.6. The lowest BCUT2D eigenvalue weighted by Gasteiger charge is -2.09. The highest BCUT2D eigenvalue weighted by molar-refractivity contribution is 5.41. The molecule has 0 aliphatic heterocycles. The molecule has 0 unspecified atom stereocenters. The van der Waals surface area contributed by atoms with Gasteiger partial charge in [0.2, 0.25) is 0 Å². The van der Waals surface area contributed by atoms with Crippen LogP contribution in [0.2, 0.25) is 0 Å². The lowest BCUT2D eigenvalue weighted by atomic mass is 9.98. The highest BCUT2D eigenvalue weighted by Crippen LogP contribution is 2.23. The lowest BCUT2D eigenvalue weighted by molar-refractivity contribution is 0.505. The molecule has 0 amide bonds. The zero-order valence-corrected chi connectivity index (χ0v) is 15.3. The molecule has 0 atom stereocenters. The van der Waals surface area contributed by atoms with E-state index in [1.807, 2.05) is 36.4 Å². The van der Waals surface area contributed by atoms with Gasteiger partial charge in [0.15, 0.2) is 0 Å². The number of hydrogen-bond donors (Lipinski definition) is 0. The van der Waals surface area contributed by atoms with Crippen LogP contribution in [0, 0.1) is 34.6 Å². The van der Waals surface area contributed by atoms with Crippen molar-refractivity contribution in [1.82, 2.24) is 0 Å². The zero-order valence-electron chi connectivity index (χ0n) is 15.3. The molecule has 0 saturated carbocycles. The van der Waals surface area contributed by atoms with Gasteiger partial charge in [0.05, 0.1) is 0 Å². The zero-order chi connectivity index (χ0) is 20.5. The van der Waals surface area contributed by atoms with Gasteiger partial charge in [-0.05, 0) is 71.5 Å². The van der Waals surface area contributed by atoms with Gasteiger partial charge in [-0.2, -0.15) is 0 Å². The molecule has 0 N–H and O–H groups in total. The Morgan fingerprint density at radius 3 is 1.24 bits per heavy atom. The first-order valence-electron chi connectivity index (χ1n) is 8.68. The number of hydrogen-bond acceptors (Lipinski definition) is 6. The van der Waals surface area contributed by atoms with E-state index >= 15 is 0 Å². The third-order valence-corrected chi connectivity index (χ3v) is 4.18. The second kappa shape index (κ2) is 9.46. The van der Waals surface area contributed by atoms with Gasteiger partial charge in [-0.25, -0.2) is 0 Å². The molecule has 6 nitrogen and oxygen atoms in total. The van der Waals surface area contributed by atoms with Crippen molar-refractivity contribution >= 4 is 0 Å².